The largest absolute Gasteiger partial charge is 0.481 e. The van der Waals surface area contributed by atoms with Gasteiger partial charge in [-0.15, -0.1) is 4.53 Å². The van der Waals surface area contributed by atoms with Crippen molar-refractivity contribution in [2.24, 2.45) is 4.53 Å². The summed E-state index contributed by atoms with van der Waals surface area (Å²) < 4.78 is 3.03. The van der Waals surface area contributed by atoms with Crippen LogP contribution in [0.1, 0.15) is 6.42 Å². The molecule has 0 fully saturated rings. The minimum absolute atomic E-state index is 0.0554. The molecule has 60 valence electrons. The fourth-order valence-corrected chi connectivity index (χ4v) is 1.79. The number of nitrogens with zero attached hydrogens (tertiary/aromatic N) is 1. The molecule has 1 atom stereocenters. The molecule has 1 aliphatic heterocycles. The Balaban J connectivity index is 2.69. The Hall–Kier alpha value is -0.940. The molecule has 2 N–H and O–H groups in total. The lowest BCUT2D eigenvalue weighted by Crippen LogP contribution is -1.98. The molecule has 1 heterocycles. The maximum Gasteiger partial charge on any atom is 0.308 e. The highest BCUT2D eigenvalue weighted by Gasteiger charge is 2.10. The number of carboxylic acid groups (broad SMARTS) is 1. The lowest BCUT2D eigenvalue weighted by Gasteiger charge is -1.97. The van der Waals surface area contributed by atoms with Gasteiger partial charge in [0.25, 0.3) is 0 Å². The fraction of sp³-hybridized carbons (Fsp3) is 0.167. The van der Waals surface area contributed by atoms with Crippen LogP contribution >= 0.6 is 0 Å². The van der Waals surface area contributed by atoms with E-state index in [1.807, 2.05) is 0 Å². The Labute approximate surface area is 65.9 Å². The van der Waals surface area contributed by atoms with Gasteiger partial charge in [0.05, 0.1) is 6.42 Å². The minimum Gasteiger partial charge on any atom is -0.481 e. The first-order valence-corrected chi connectivity index (χ1v) is 4.16. The number of hydrogen-bond donors (Lipinski definition) is 2. The molecule has 0 amide bonds. The van der Waals surface area contributed by atoms with Gasteiger partial charge in [-0.2, -0.15) is 0 Å². The van der Waals surface area contributed by atoms with Gasteiger partial charge in [0.2, 0.25) is 0 Å². The second-order valence-corrected chi connectivity index (χ2v) is 3.52. The number of hydrogen-bond acceptors (Lipinski definition) is 2. The molecule has 0 radical (unpaired) electrons. The normalized spacial score (nSPS) is 22.3. The summed E-state index contributed by atoms with van der Waals surface area (Å²) in [6.07, 6.45) is 3.30. The third-order valence-corrected chi connectivity index (χ3v) is 2.58. The summed E-state index contributed by atoms with van der Waals surface area (Å²) in [6, 6.07) is 0. The zero-order chi connectivity index (χ0) is 8.27. The monoisotopic (exact) mass is 173 g/mol. The van der Waals surface area contributed by atoms with E-state index in [1.54, 1.807) is 17.6 Å². The van der Waals surface area contributed by atoms with Crippen LogP contribution in [0.25, 0.3) is 0 Å². The van der Waals surface area contributed by atoms with Crippen molar-refractivity contribution in [1.29, 1.82) is 0 Å². The van der Waals surface area contributed by atoms with E-state index in [-0.39, 0.29) is 6.42 Å². The molecular formula is C6H7NO3S. The van der Waals surface area contributed by atoms with Gasteiger partial charge >= 0.3 is 5.97 Å². The molecule has 0 aromatic rings. The Morgan fingerprint density at radius 1 is 1.73 bits per heavy atom. The Morgan fingerprint density at radius 3 is 3.00 bits per heavy atom. The van der Waals surface area contributed by atoms with Crippen molar-refractivity contribution in [2.45, 2.75) is 6.42 Å². The van der Waals surface area contributed by atoms with E-state index in [9.17, 15) is 4.79 Å². The van der Waals surface area contributed by atoms with Crippen molar-refractivity contribution >= 4 is 16.7 Å². The van der Waals surface area contributed by atoms with Gasteiger partial charge in [0, 0.05) is 4.91 Å². The molecule has 0 spiro atoms. The first-order chi connectivity index (χ1) is 5.24. The summed E-state index contributed by atoms with van der Waals surface area (Å²) in [5.41, 5.74) is 0. The third-order valence-electron chi connectivity index (χ3n) is 1.17. The van der Waals surface area contributed by atoms with Gasteiger partial charge in [0.15, 0.2) is 0 Å². The predicted octanol–water partition coefficient (Wildman–Crippen LogP) is 1.06. The molecule has 0 aromatic heterocycles. The topological polar surface area (TPSA) is 69.9 Å². The molecule has 0 bridgehead atoms. The van der Waals surface area contributed by atoms with Crippen molar-refractivity contribution in [3.05, 3.63) is 22.5 Å². The number of allylic oxidation sites excluding steroid dienone is 2. The van der Waals surface area contributed by atoms with Crippen molar-refractivity contribution in [1.82, 2.24) is 0 Å². The van der Waals surface area contributed by atoms with Crippen LogP contribution < -0.4 is 0 Å². The number of carbonyl (C=O) groups is 1. The molecule has 4 nitrogen and oxygen atoms in total. The molecule has 5 heteroatoms. The minimum atomic E-state index is -0.902. The van der Waals surface area contributed by atoms with Crippen LogP contribution in [-0.4, -0.2) is 16.3 Å². The van der Waals surface area contributed by atoms with Crippen LogP contribution in [0.15, 0.2) is 27.0 Å². The first-order valence-electron chi connectivity index (χ1n) is 2.91. The Morgan fingerprint density at radius 2 is 2.45 bits per heavy atom. The Kier molecular flexibility index (Phi) is 2.56. The second-order valence-electron chi connectivity index (χ2n) is 1.93. The van der Waals surface area contributed by atoms with Crippen LogP contribution in [0.5, 0.6) is 0 Å². The van der Waals surface area contributed by atoms with Crippen molar-refractivity contribution in [3.63, 3.8) is 0 Å². The smallest absolute Gasteiger partial charge is 0.308 e. The standard InChI is InChI=1S/C6H7NO3S/c8-6(9)4-5-2-1-3-11(5)7-10/h1-3,10H,4H2,(H,8,9). The van der Waals surface area contributed by atoms with Gasteiger partial charge < -0.3 is 5.11 Å². The van der Waals surface area contributed by atoms with Gasteiger partial charge in [-0.05, 0) is 16.1 Å². The van der Waals surface area contributed by atoms with Gasteiger partial charge in [-0.3, -0.25) is 10.0 Å². The van der Waals surface area contributed by atoms with Crippen LogP contribution in [0, 0.1) is 0 Å². The van der Waals surface area contributed by atoms with Crippen LogP contribution in [0.2, 0.25) is 0 Å². The summed E-state index contributed by atoms with van der Waals surface area (Å²) in [5.74, 6) is -0.902. The van der Waals surface area contributed by atoms with E-state index < -0.39 is 16.7 Å². The highest BCUT2D eigenvalue weighted by atomic mass is 32.2. The van der Waals surface area contributed by atoms with E-state index >= 15 is 0 Å². The van der Waals surface area contributed by atoms with E-state index in [2.05, 4.69) is 4.53 Å². The second kappa shape index (κ2) is 3.45. The van der Waals surface area contributed by atoms with Gasteiger partial charge in [-0.25, -0.2) is 0 Å². The third kappa shape index (κ3) is 1.99. The summed E-state index contributed by atoms with van der Waals surface area (Å²) in [5, 5.41) is 18.5. The molecule has 11 heavy (non-hydrogen) atoms. The lowest BCUT2D eigenvalue weighted by molar-refractivity contribution is -0.136. The van der Waals surface area contributed by atoms with Gasteiger partial charge in [-0.1, -0.05) is 12.2 Å². The van der Waals surface area contributed by atoms with E-state index in [0.717, 1.165) is 0 Å². The van der Waals surface area contributed by atoms with Crippen molar-refractivity contribution in [3.8, 4) is 0 Å². The number of carboxylic acids is 1. The summed E-state index contributed by atoms with van der Waals surface area (Å²) in [6.45, 7) is 0. The molecule has 0 aliphatic carbocycles. The van der Waals surface area contributed by atoms with E-state index in [1.165, 1.54) is 0 Å². The number of rotatable bonds is 2. The van der Waals surface area contributed by atoms with E-state index in [0.29, 0.717) is 4.91 Å². The predicted molar refractivity (Wildman–Crippen MR) is 41.1 cm³/mol. The molecular weight excluding hydrogens is 166 g/mol. The summed E-state index contributed by atoms with van der Waals surface area (Å²) >= 11 is 0. The summed E-state index contributed by atoms with van der Waals surface area (Å²) in [7, 11) is -0.712. The SMILES string of the molecule is O=C(O)CC1=CC=C/S1=N\O. The maximum absolute atomic E-state index is 10.2. The highest BCUT2D eigenvalue weighted by molar-refractivity contribution is 7.94. The quantitative estimate of drug-likeness (QED) is 0.613. The van der Waals surface area contributed by atoms with Crippen LogP contribution in [-0.2, 0) is 15.5 Å². The van der Waals surface area contributed by atoms with Crippen LogP contribution in [0.4, 0.5) is 0 Å². The molecule has 0 aromatic carbocycles. The Bertz CT molecular complexity index is 267. The van der Waals surface area contributed by atoms with E-state index in [4.69, 9.17) is 10.3 Å². The summed E-state index contributed by atoms with van der Waals surface area (Å²) in [4.78, 5) is 10.9. The zero-order valence-corrected chi connectivity index (χ0v) is 6.41. The zero-order valence-electron chi connectivity index (χ0n) is 5.60. The fourth-order valence-electron chi connectivity index (χ4n) is 0.740. The molecule has 1 aliphatic rings. The first kappa shape index (κ1) is 8.16. The molecule has 0 saturated heterocycles. The van der Waals surface area contributed by atoms with Crippen molar-refractivity contribution in [2.75, 3.05) is 0 Å². The van der Waals surface area contributed by atoms with Crippen LogP contribution in [0.3, 0.4) is 0 Å². The number of aliphatic carboxylic acids is 1. The van der Waals surface area contributed by atoms with Crippen molar-refractivity contribution < 1.29 is 15.1 Å². The lowest BCUT2D eigenvalue weighted by atomic mass is 10.4. The maximum atomic E-state index is 10.2. The highest BCUT2D eigenvalue weighted by Crippen LogP contribution is 2.16. The van der Waals surface area contributed by atoms with Gasteiger partial charge in [0.1, 0.15) is 0 Å². The molecule has 1 rings (SSSR count). The average Bonchev–Trinajstić information content (AvgIpc) is 2.34. The molecule has 1 unspecified atom stereocenters. The average molecular weight is 173 g/mol. The molecule has 0 saturated carbocycles.